The molecular weight excluding hydrogens is 482 g/mol. The van der Waals surface area contributed by atoms with Gasteiger partial charge < -0.3 is 14.9 Å². The van der Waals surface area contributed by atoms with E-state index in [0.717, 1.165) is 0 Å². The topological polar surface area (TPSA) is 288 Å². The third-order valence-corrected chi connectivity index (χ3v) is 4.62. The first kappa shape index (κ1) is 23.4. The molecule has 0 aliphatic heterocycles. The predicted octanol–water partition coefficient (Wildman–Crippen LogP) is -3.58. The number of aryl methyl sites for hydroxylation is 2. The van der Waals surface area contributed by atoms with Crippen LogP contribution < -0.4 is 39.5 Å². The largest absolute Gasteiger partial charge is 0.369 e. The summed E-state index contributed by atoms with van der Waals surface area (Å²) in [6, 6.07) is 0. The Bertz CT molecular complexity index is 2070. The number of anilines is 1. The highest BCUT2D eigenvalue weighted by Crippen LogP contribution is 2.02. The Morgan fingerprint density at radius 2 is 1.22 bits per heavy atom. The molecule has 6 aromatic heterocycles. The van der Waals surface area contributed by atoms with Crippen molar-refractivity contribution in [2.24, 2.45) is 14.1 Å². The van der Waals surface area contributed by atoms with Gasteiger partial charge in [0.05, 0.1) is 12.7 Å². The van der Waals surface area contributed by atoms with Crippen LogP contribution in [0.3, 0.4) is 0 Å². The van der Waals surface area contributed by atoms with E-state index in [1.54, 1.807) is 23.2 Å². The fraction of sp³-hybridized carbons (Fsp3) is 0.118. The zero-order chi connectivity index (χ0) is 26.1. The zero-order valence-corrected chi connectivity index (χ0v) is 18.4. The van der Waals surface area contributed by atoms with Crippen molar-refractivity contribution in [2.45, 2.75) is 0 Å². The molecule has 0 saturated heterocycles. The van der Waals surface area contributed by atoms with E-state index in [-0.39, 0.29) is 28.2 Å². The number of aromatic amines is 7. The molecule has 36 heavy (non-hydrogen) atoms. The molecule has 0 radical (unpaired) electrons. The minimum Gasteiger partial charge on any atom is -0.369 e. The molecule has 0 unspecified atom stereocenters. The van der Waals surface area contributed by atoms with Crippen molar-refractivity contribution in [1.29, 1.82) is 0 Å². The second kappa shape index (κ2) is 8.89. The number of aromatic nitrogens is 12. The molecule has 0 fully saturated rings. The molecule has 0 bridgehead atoms. The van der Waals surface area contributed by atoms with Crippen LogP contribution in [-0.2, 0) is 14.1 Å². The molecule has 0 spiro atoms. The van der Waals surface area contributed by atoms with Gasteiger partial charge in [-0.2, -0.15) is 4.98 Å². The molecule has 19 heteroatoms. The van der Waals surface area contributed by atoms with Crippen LogP contribution in [0, 0.1) is 0 Å². The van der Waals surface area contributed by atoms with Gasteiger partial charge in [0.2, 0.25) is 5.95 Å². The molecule has 0 atom stereocenters. The van der Waals surface area contributed by atoms with Crippen LogP contribution in [-0.4, -0.2) is 59.0 Å². The highest BCUT2D eigenvalue weighted by atomic mass is 16.2. The fourth-order valence-corrected chi connectivity index (χ4v) is 3.04. The van der Waals surface area contributed by atoms with Crippen molar-refractivity contribution < 1.29 is 0 Å². The maximum atomic E-state index is 11.2. The Labute approximate surface area is 194 Å². The van der Waals surface area contributed by atoms with Gasteiger partial charge in [0.25, 0.3) is 16.7 Å². The van der Waals surface area contributed by atoms with Crippen molar-refractivity contribution in [2.75, 3.05) is 5.73 Å². The molecule has 0 saturated carbocycles. The Morgan fingerprint density at radius 1 is 0.667 bits per heavy atom. The number of nitrogen functional groups attached to an aromatic ring is 1. The Balaban J connectivity index is 0.000000127. The number of hydrogen-bond donors (Lipinski definition) is 8. The molecular formula is C17H17N13O6. The first-order valence-corrected chi connectivity index (χ1v) is 9.78. The third-order valence-electron chi connectivity index (χ3n) is 4.62. The zero-order valence-electron chi connectivity index (χ0n) is 18.4. The highest BCUT2D eigenvalue weighted by molar-refractivity contribution is 5.70. The van der Waals surface area contributed by atoms with Gasteiger partial charge in [-0.05, 0) is 0 Å². The number of imidazole rings is 3. The molecule has 6 heterocycles. The van der Waals surface area contributed by atoms with Crippen molar-refractivity contribution in [1.82, 2.24) is 59.0 Å². The SMILES string of the molecule is Cn1cnc2c(=O)[nH]c(=O)[nH]c21.Cn1cnc2c(=O)[nH]c(N)nc21.O=c1[nH]c(=O)c2[nH]c(=O)[nH]c2[nH]1. The number of nitrogens with one attached hydrogen (secondary N) is 7. The second-order valence-electron chi connectivity index (χ2n) is 7.18. The normalized spacial score (nSPS) is 10.7. The maximum Gasteiger partial charge on any atom is 0.327 e. The van der Waals surface area contributed by atoms with Crippen molar-refractivity contribution in [3.8, 4) is 0 Å². The molecule has 6 rings (SSSR count). The summed E-state index contributed by atoms with van der Waals surface area (Å²) in [5.41, 5.74) is 3.89. The van der Waals surface area contributed by atoms with E-state index >= 15 is 0 Å². The minimum atomic E-state index is -0.650. The summed E-state index contributed by atoms with van der Waals surface area (Å²) >= 11 is 0. The van der Waals surface area contributed by atoms with E-state index in [0.29, 0.717) is 16.8 Å². The van der Waals surface area contributed by atoms with Gasteiger partial charge in [-0.15, -0.1) is 0 Å². The molecule has 19 nitrogen and oxygen atoms in total. The summed E-state index contributed by atoms with van der Waals surface area (Å²) < 4.78 is 3.22. The Kier molecular flexibility index (Phi) is 5.78. The van der Waals surface area contributed by atoms with E-state index in [2.05, 4.69) is 44.9 Å². The molecule has 9 N–H and O–H groups in total. The van der Waals surface area contributed by atoms with Crippen LogP contribution in [0.2, 0.25) is 0 Å². The van der Waals surface area contributed by atoms with Gasteiger partial charge in [-0.3, -0.25) is 49.3 Å². The lowest BCUT2D eigenvalue weighted by Gasteiger charge is -1.93. The van der Waals surface area contributed by atoms with Gasteiger partial charge in [-0.1, -0.05) is 0 Å². The summed E-state index contributed by atoms with van der Waals surface area (Å²) in [5, 5.41) is 0. The molecule has 0 aliphatic carbocycles. The average molecular weight is 499 g/mol. The van der Waals surface area contributed by atoms with Crippen LogP contribution >= 0.6 is 0 Å². The first-order chi connectivity index (χ1) is 17.0. The van der Waals surface area contributed by atoms with Crippen LogP contribution in [0.1, 0.15) is 0 Å². The quantitative estimate of drug-likeness (QED) is 0.102. The predicted molar refractivity (Wildman–Crippen MR) is 126 cm³/mol. The molecule has 0 aromatic carbocycles. The summed E-state index contributed by atoms with van der Waals surface area (Å²) in [6.07, 6.45) is 2.99. The number of hydrogen-bond acceptors (Lipinski definition) is 10. The van der Waals surface area contributed by atoms with Gasteiger partial charge in [0, 0.05) is 14.1 Å². The van der Waals surface area contributed by atoms with Crippen molar-refractivity contribution >= 4 is 39.4 Å². The highest BCUT2D eigenvalue weighted by Gasteiger charge is 2.06. The van der Waals surface area contributed by atoms with E-state index in [1.807, 2.05) is 4.98 Å². The van der Waals surface area contributed by atoms with Crippen LogP contribution in [0.25, 0.3) is 33.5 Å². The van der Waals surface area contributed by atoms with Crippen LogP contribution in [0.4, 0.5) is 5.95 Å². The average Bonchev–Trinajstić information content (AvgIpc) is 3.47. The van der Waals surface area contributed by atoms with Gasteiger partial charge >= 0.3 is 17.1 Å². The summed E-state index contributed by atoms with van der Waals surface area (Å²) in [4.78, 5) is 92.5. The fourth-order valence-electron chi connectivity index (χ4n) is 3.04. The van der Waals surface area contributed by atoms with Crippen LogP contribution in [0.5, 0.6) is 0 Å². The lowest BCUT2D eigenvalue weighted by atomic mass is 10.5. The minimum absolute atomic E-state index is 0.0413. The summed E-state index contributed by atoms with van der Waals surface area (Å²) in [5.74, 6) is 0.108. The first-order valence-electron chi connectivity index (χ1n) is 9.78. The third kappa shape index (κ3) is 4.50. The standard InChI is InChI=1S/C6H7N5O.C6H6N4O2.C5H4N4O3/c1-11-2-8-3-4(11)9-6(7)10-5(3)12;1-10-2-7-3-4(10)8-6(12)9-5(3)11;10-3-1-2(7-4(11)6-1)8-5(12)9-3/h2H,1H3,(H3,7,9,10,12);2H,1H3,(H2,8,9,11,12);(H4,6,7,8,9,10,11,12). The maximum absolute atomic E-state index is 11.2. The summed E-state index contributed by atoms with van der Waals surface area (Å²) in [6.45, 7) is 0. The van der Waals surface area contributed by atoms with Crippen LogP contribution in [0.15, 0.2) is 41.4 Å². The molecule has 0 aliphatic rings. The monoisotopic (exact) mass is 499 g/mol. The Hall–Kier alpha value is -5.75. The van der Waals surface area contributed by atoms with Crippen molar-refractivity contribution in [3.05, 3.63) is 75.2 Å². The lowest BCUT2D eigenvalue weighted by Crippen LogP contribution is -2.22. The van der Waals surface area contributed by atoms with Crippen molar-refractivity contribution in [3.63, 3.8) is 0 Å². The molecule has 6 aromatic rings. The molecule has 186 valence electrons. The second-order valence-corrected chi connectivity index (χ2v) is 7.18. The molecule has 0 amide bonds. The van der Waals surface area contributed by atoms with E-state index in [9.17, 15) is 28.8 Å². The van der Waals surface area contributed by atoms with Gasteiger partial charge in [-0.25, -0.2) is 24.4 Å². The Morgan fingerprint density at radius 3 is 1.94 bits per heavy atom. The number of nitrogens with two attached hydrogens (primary N) is 1. The van der Waals surface area contributed by atoms with E-state index < -0.39 is 28.2 Å². The summed E-state index contributed by atoms with van der Waals surface area (Å²) in [7, 11) is 3.45. The van der Waals surface area contributed by atoms with E-state index in [4.69, 9.17) is 5.73 Å². The van der Waals surface area contributed by atoms with E-state index in [1.165, 1.54) is 12.7 Å². The van der Waals surface area contributed by atoms with Gasteiger partial charge in [0.15, 0.2) is 16.7 Å². The smallest absolute Gasteiger partial charge is 0.327 e. The number of fused-ring (bicyclic) bond motifs is 3. The number of nitrogens with zero attached hydrogens (tertiary/aromatic N) is 5. The lowest BCUT2D eigenvalue weighted by molar-refractivity contribution is 0.919. The number of H-pyrrole nitrogens is 7. The van der Waals surface area contributed by atoms with Gasteiger partial charge in [0.1, 0.15) is 16.8 Å². The number of rotatable bonds is 0.